The summed E-state index contributed by atoms with van der Waals surface area (Å²) in [6, 6.07) is 11.7. The summed E-state index contributed by atoms with van der Waals surface area (Å²) >= 11 is 0. The van der Waals surface area contributed by atoms with E-state index in [2.05, 4.69) is 10.3 Å². The molecule has 2 rings (SSSR count). The maximum Gasteiger partial charge on any atom is 0.341 e. The van der Waals surface area contributed by atoms with Crippen LogP contribution in [0.15, 0.2) is 48.8 Å². The summed E-state index contributed by atoms with van der Waals surface area (Å²) in [6.45, 7) is 0.648. The van der Waals surface area contributed by atoms with Gasteiger partial charge in [-0.05, 0) is 11.6 Å². The first-order chi connectivity index (χ1) is 8.81. The molecule has 0 bridgehead atoms. The number of hydrogen-bond acceptors (Lipinski definition) is 4. The summed E-state index contributed by atoms with van der Waals surface area (Å²) in [5, 5.41) is 3.20. The highest BCUT2D eigenvalue weighted by Crippen LogP contribution is 2.15. The predicted octanol–water partition coefficient (Wildman–Crippen LogP) is 2.48. The summed E-state index contributed by atoms with van der Waals surface area (Å²) in [5.41, 5.74) is 2.31. The fourth-order valence-corrected chi connectivity index (χ4v) is 1.61. The topological polar surface area (TPSA) is 51.2 Å². The lowest BCUT2D eigenvalue weighted by Gasteiger charge is -2.10. The van der Waals surface area contributed by atoms with Crippen molar-refractivity contribution in [3.63, 3.8) is 0 Å². The Morgan fingerprint density at radius 3 is 2.78 bits per heavy atom. The van der Waals surface area contributed by atoms with Crippen LogP contribution in [-0.4, -0.2) is 18.1 Å². The molecule has 18 heavy (non-hydrogen) atoms. The Morgan fingerprint density at radius 1 is 1.28 bits per heavy atom. The van der Waals surface area contributed by atoms with Gasteiger partial charge in [-0.15, -0.1) is 0 Å². The second-order valence-electron chi connectivity index (χ2n) is 3.75. The van der Waals surface area contributed by atoms with Gasteiger partial charge in [0.05, 0.1) is 12.8 Å². The van der Waals surface area contributed by atoms with Gasteiger partial charge in [0, 0.05) is 18.9 Å². The largest absolute Gasteiger partial charge is 0.465 e. The fourth-order valence-electron chi connectivity index (χ4n) is 1.61. The molecule has 4 nitrogen and oxygen atoms in total. The number of nitrogens with one attached hydrogen (secondary N) is 1. The van der Waals surface area contributed by atoms with Crippen LogP contribution in [0.3, 0.4) is 0 Å². The zero-order chi connectivity index (χ0) is 12.8. The molecule has 1 N–H and O–H groups in total. The van der Waals surface area contributed by atoms with E-state index in [4.69, 9.17) is 4.74 Å². The van der Waals surface area contributed by atoms with Gasteiger partial charge in [-0.2, -0.15) is 0 Å². The van der Waals surface area contributed by atoms with Crippen LogP contribution in [0.5, 0.6) is 0 Å². The monoisotopic (exact) mass is 242 g/mol. The van der Waals surface area contributed by atoms with Crippen LogP contribution in [0.1, 0.15) is 15.9 Å². The molecule has 2 aromatic rings. The molecule has 0 spiro atoms. The Labute approximate surface area is 106 Å². The average molecular weight is 242 g/mol. The minimum atomic E-state index is -0.390. The van der Waals surface area contributed by atoms with Crippen molar-refractivity contribution in [2.45, 2.75) is 6.54 Å². The Hall–Kier alpha value is -2.36. The normalized spacial score (nSPS) is 9.83. The van der Waals surface area contributed by atoms with Crippen LogP contribution < -0.4 is 5.32 Å². The summed E-state index contributed by atoms with van der Waals surface area (Å²) in [6.07, 6.45) is 3.14. The lowest BCUT2D eigenvalue weighted by atomic mass is 10.2. The molecule has 0 saturated heterocycles. The Morgan fingerprint density at radius 2 is 2.06 bits per heavy atom. The number of benzene rings is 1. The minimum Gasteiger partial charge on any atom is -0.465 e. The zero-order valence-electron chi connectivity index (χ0n) is 10.1. The number of pyridine rings is 1. The predicted molar refractivity (Wildman–Crippen MR) is 69.3 cm³/mol. The highest BCUT2D eigenvalue weighted by Gasteiger charge is 2.11. The fraction of sp³-hybridized carbons (Fsp3) is 0.143. The Bertz CT molecular complexity index is 526. The van der Waals surface area contributed by atoms with E-state index in [1.165, 1.54) is 13.3 Å². The average Bonchev–Trinajstić information content (AvgIpc) is 2.45. The summed E-state index contributed by atoms with van der Waals surface area (Å²) in [7, 11) is 1.36. The van der Waals surface area contributed by atoms with Gasteiger partial charge >= 0.3 is 5.97 Å². The third kappa shape index (κ3) is 2.85. The highest BCUT2D eigenvalue weighted by molar-refractivity contribution is 5.95. The van der Waals surface area contributed by atoms with E-state index in [1.807, 2.05) is 30.3 Å². The quantitative estimate of drug-likeness (QED) is 0.837. The molecule has 92 valence electrons. The molecule has 0 radical (unpaired) electrons. The first-order valence-corrected chi connectivity index (χ1v) is 5.61. The van der Waals surface area contributed by atoms with Crippen LogP contribution in [0.25, 0.3) is 0 Å². The second kappa shape index (κ2) is 5.82. The summed E-state index contributed by atoms with van der Waals surface area (Å²) < 4.78 is 4.71. The SMILES string of the molecule is COC(=O)c1cnccc1NCc1ccccc1. The standard InChI is InChI=1S/C14H14N2O2/c1-18-14(17)12-10-15-8-7-13(12)16-9-11-5-3-2-4-6-11/h2-8,10H,9H2,1H3,(H,15,16). The highest BCUT2D eigenvalue weighted by atomic mass is 16.5. The van der Waals surface area contributed by atoms with Gasteiger partial charge in [0.25, 0.3) is 0 Å². The zero-order valence-corrected chi connectivity index (χ0v) is 10.1. The molecule has 0 aliphatic heterocycles. The van der Waals surface area contributed by atoms with E-state index < -0.39 is 5.97 Å². The number of esters is 1. The molecule has 1 aromatic heterocycles. The molecule has 0 aliphatic rings. The maximum absolute atomic E-state index is 11.5. The molecule has 4 heteroatoms. The van der Waals surface area contributed by atoms with E-state index in [0.717, 1.165) is 11.3 Å². The van der Waals surface area contributed by atoms with Gasteiger partial charge in [0.2, 0.25) is 0 Å². The van der Waals surface area contributed by atoms with Crippen molar-refractivity contribution in [1.82, 2.24) is 4.98 Å². The van der Waals surface area contributed by atoms with E-state index in [1.54, 1.807) is 12.3 Å². The Kier molecular flexibility index (Phi) is 3.91. The van der Waals surface area contributed by atoms with Gasteiger partial charge in [-0.1, -0.05) is 30.3 Å². The van der Waals surface area contributed by atoms with Crippen molar-refractivity contribution in [2.75, 3.05) is 12.4 Å². The Balaban J connectivity index is 2.12. The van der Waals surface area contributed by atoms with Gasteiger partial charge in [-0.25, -0.2) is 4.79 Å². The lowest BCUT2D eigenvalue weighted by Crippen LogP contribution is -2.08. The molecule has 0 aliphatic carbocycles. The van der Waals surface area contributed by atoms with Gasteiger partial charge < -0.3 is 10.1 Å². The van der Waals surface area contributed by atoms with E-state index in [9.17, 15) is 4.79 Å². The van der Waals surface area contributed by atoms with Crippen LogP contribution in [0, 0.1) is 0 Å². The van der Waals surface area contributed by atoms with Gasteiger partial charge in [0.15, 0.2) is 0 Å². The second-order valence-corrected chi connectivity index (χ2v) is 3.75. The number of methoxy groups -OCH3 is 1. The summed E-state index contributed by atoms with van der Waals surface area (Å²) in [4.78, 5) is 15.5. The smallest absolute Gasteiger partial charge is 0.341 e. The maximum atomic E-state index is 11.5. The number of carbonyl (C=O) groups excluding carboxylic acids is 1. The third-order valence-electron chi connectivity index (χ3n) is 2.55. The van der Waals surface area contributed by atoms with Gasteiger partial charge in [0.1, 0.15) is 5.56 Å². The number of rotatable bonds is 4. The number of hydrogen-bond donors (Lipinski definition) is 1. The number of carbonyl (C=O) groups is 1. The molecule has 0 unspecified atom stereocenters. The van der Waals surface area contributed by atoms with Crippen LogP contribution >= 0.6 is 0 Å². The van der Waals surface area contributed by atoms with Gasteiger partial charge in [-0.3, -0.25) is 4.98 Å². The first-order valence-electron chi connectivity index (χ1n) is 5.61. The molecular formula is C14H14N2O2. The molecular weight excluding hydrogens is 228 g/mol. The van der Waals surface area contributed by atoms with Crippen molar-refractivity contribution in [2.24, 2.45) is 0 Å². The molecule has 0 atom stereocenters. The van der Waals surface area contributed by atoms with Crippen LogP contribution in [0.2, 0.25) is 0 Å². The number of ether oxygens (including phenoxy) is 1. The third-order valence-corrected chi connectivity index (χ3v) is 2.55. The number of nitrogens with zero attached hydrogens (tertiary/aromatic N) is 1. The molecule has 0 saturated carbocycles. The lowest BCUT2D eigenvalue weighted by molar-refractivity contribution is 0.0601. The van der Waals surface area contributed by atoms with E-state index in [0.29, 0.717) is 12.1 Å². The van der Waals surface area contributed by atoms with Crippen molar-refractivity contribution in [1.29, 1.82) is 0 Å². The first kappa shape index (κ1) is 12.1. The van der Waals surface area contributed by atoms with Crippen molar-refractivity contribution in [3.8, 4) is 0 Å². The van der Waals surface area contributed by atoms with E-state index >= 15 is 0 Å². The summed E-state index contributed by atoms with van der Waals surface area (Å²) in [5.74, 6) is -0.390. The van der Waals surface area contributed by atoms with Crippen molar-refractivity contribution in [3.05, 3.63) is 59.9 Å². The van der Waals surface area contributed by atoms with E-state index in [-0.39, 0.29) is 0 Å². The minimum absolute atomic E-state index is 0.390. The number of aromatic nitrogens is 1. The molecule has 0 fully saturated rings. The molecule has 1 aromatic carbocycles. The van der Waals surface area contributed by atoms with Crippen molar-refractivity contribution < 1.29 is 9.53 Å². The number of anilines is 1. The van der Waals surface area contributed by atoms with Crippen molar-refractivity contribution >= 4 is 11.7 Å². The molecule has 0 amide bonds. The van der Waals surface area contributed by atoms with Crippen LogP contribution in [0.4, 0.5) is 5.69 Å². The van der Waals surface area contributed by atoms with Crippen LogP contribution in [-0.2, 0) is 11.3 Å². The molecule has 1 heterocycles.